The second kappa shape index (κ2) is 7.21. The molecule has 1 aliphatic heterocycles. The third kappa shape index (κ3) is 3.30. The molecule has 1 fully saturated rings. The number of aromatic nitrogens is 3. The van der Waals surface area contributed by atoms with Crippen LogP contribution in [0.4, 0.5) is 18.9 Å². The summed E-state index contributed by atoms with van der Waals surface area (Å²) in [6.45, 7) is -0.0919. The number of carbonyl (C=O) groups is 1. The number of benzene rings is 2. The predicted molar refractivity (Wildman–Crippen MR) is 109 cm³/mol. The molecule has 160 valence electrons. The van der Waals surface area contributed by atoms with Gasteiger partial charge in [0.15, 0.2) is 0 Å². The Bertz CT molecular complexity index is 1150. The fourth-order valence-corrected chi connectivity index (χ4v) is 4.67. The maximum Gasteiger partial charge on any atom is 0.416 e. The van der Waals surface area contributed by atoms with Crippen molar-refractivity contribution in [2.45, 2.75) is 37.9 Å². The number of carbonyl (C=O) groups excluding carboxylic acids is 1. The van der Waals surface area contributed by atoms with E-state index < -0.39 is 17.6 Å². The molecule has 2 aromatic carbocycles. The van der Waals surface area contributed by atoms with Gasteiger partial charge in [0.2, 0.25) is 0 Å². The summed E-state index contributed by atoms with van der Waals surface area (Å²) < 4.78 is 42.3. The third-order valence-electron chi connectivity index (χ3n) is 6.46. The molecule has 1 atom stereocenters. The molecule has 31 heavy (non-hydrogen) atoms. The van der Waals surface area contributed by atoms with Crippen LogP contribution in [-0.4, -0.2) is 20.7 Å². The topological polar surface area (TPSA) is 51.0 Å². The monoisotopic (exact) mass is 426 g/mol. The fourth-order valence-electron chi connectivity index (χ4n) is 4.67. The van der Waals surface area contributed by atoms with E-state index in [9.17, 15) is 18.0 Å². The van der Waals surface area contributed by atoms with Crippen LogP contribution >= 0.6 is 0 Å². The third-order valence-corrected chi connectivity index (χ3v) is 6.46. The number of hydrogen-bond donors (Lipinski definition) is 0. The Morgan fingerprint density at radius 1 is 1.13 bits per heavy atom. The summed E-state index contributed by atoms with van der Waals surface area (Å²) in [4.78, 5) is 14.4. The highest BCUT2D eigenvalue weighted by Gasteiger charge is 2.40. The minimum Gasteiger partial charge on any atom is -0.320 e. The van der Waals surface area contributed by atoms with Gasteiger partial charge < -0.3 is 9.47 Å². The highest BCUT2D eigenvalue weighted by molar-refractivity contribution is 6.10. The van der Waals surface area contributed by atoms with Crippen LogP contribution in [0.5, 0.6) is 0 Å². The highest BCUT2D eigenvalue weighted by atomic mass is 19.4. The predicted octanol–water partition coefficient (Wildman–Crippen LogP) is 4.93. The van der Waals surface area contributed by atoms with Gasteiger partial charge in [-0.15, -0.1) is 10.2 Å². The smallest absolute Gasteiger partial charge is 0.320 e. The summed E-state index contributed by atoms with van der Waals surface area (Å²) in [6, 6.07) is 11.3. The zero-order valence-corrected chi connectivity index (χ0v) is 16.9. The normalized spacial score (nSPS) is 17.5. The first-order chi connectivity index (χ1) is 14.8. The van der Waals surface area contributed by atoms with Gasteiger partial charge in [0.25, 0.3) is 5.91 Å². The Labute approximate surface area is 177 Å². The number of halogens is 3. The molecule has 0 bridgehead atoms. The number of nitrogens with zero attached hydrogens (tertiary/aromatic N) is 4. The molecule has 1 aromatic heterocycles. The van der Waals surface area contributed by atoms with Gasteiger partial charge >= 0.3 is 6.18 Å². The van der Waals surface area contributed by atoms with Crippen LogP contribution in [0.3, 0.4) is 0 Å². The Balaban J connectivity index is 1.52. The molecule has 0 unspecified atom stereocenters. The molecular formula is C23H21F3N4O. The average molecular weight is 426 g/mol. The Morgan fingerprint density at radius 2 is 1.90 bits per heavy atom. The molecule has 1 saturated carbocycles. The van der Waals surface area contributed by atoms with E-state index in [1.807, 2.05) is 29.8 Å². The van der Waals surface area contributed by atoms with Gasteiger partial charge in [-0.25, -0.2) is 0 Å². The van der Waals surface area contributed by atoms with Crippen molar-refractivity contribution < 1.29 is 18.0 Å². The quantitative estimate of drug-likeness (QED) is 0.595. The lowest BCUT2D eigenvalue weighted by Gasteiger charge is -2.33. The van der Waals surface area contributed by atoms with Gasteiger partial charge in [-0.2, -0.15) is 13.2 Å². The van der Waals surface area contributed by atoms with Crippen molar-refractivity contribution in [2.24, 2.45) is 13.0 Å². The van der Waals surface area contributed by atoms with E-state index in [4.69, 9.17) is 0 Å². The van der Waals surface area contributed by atoms with Crippen molar-refractivity contribution in [3.63, 3.8) is 0 Å². The van der Waals surface area contributed by atoms with Crippen molar-refractivity contribution in [3.8, 4) is 0 Å². The standard InChI is InChI=1S/C23H21F3N4O/c1-29-13-27-28-21(29)20(14-5-2-6-14)15-7-3-8-16(11-15)30-12-18-17(22(30)31)9-4-10-19(18)23(24,25)26/h3-4,7-11,13-14,20H,2,5-6,12H2,1H3/t20-/m0/s1. The van der Waals surface area contributed by atoms with Crippen LogP contribution in [-0.2, 0) is 19.8 Å². The zero-order valence-electron chi connectivity index (χ0n) is 16.9. The maximum absolute atomic E-state index is 13.5. The molecule has 2 aliphatic rings. The van der Waals surface area contributed by atoms with Crippen molar-refractivity contribution in [1.29, 1.82) is 0 Å². The average Bonchev–Trinajstić information content (AvgIpc) is 3.27. The lowest BCUT2D eigenvalue weighted by atomic mass is 9.72. The van der Waals surface area contributed by atoms with Crippen LogP contribution in [0.15, 0.2) is 48.8 Å². The SMILES string of the molecule is Cn1cnnc1[C@H](c1cccc(N2Cc3c(cccc3C(F)(F)F)C2=O)c1)C1CCC1. The molecule has 8 heteroatoms. The Hall–Kier alpha value is -3.16. The van der Waals surface area contributed by atoms with Crippen LogP contribution in [0, 0.1) is 5.92 Å². The van der Waals surface area contributed by atoms with Gasteiger partial charge in [-0.05, 0) is 54.2 Å². The maximum atomic E-state index is 13.5. The minimum absolute atomic E-state index is 0.0343. The van der Waals surface area contributed by atoms with E-state index in [2.05, 4.69) is 10.2 Å². The molecule has 0 saturated heterocycles. The zero-order chi connectivity index (χ0) is 21.8. The van der Waals surface area contributed by atoms with Crippen molar-refractivity contribution in [1.82, 2.24) is 14.8 Å². The van der Waals surface area contributed by atoms with Crippen LogP contribution in [0.25, 0.3) is 0 Å². The molecule has 0 radical (unpaired) electrons. The van der Waals surface area contributed by atoms with Crippen molar-refractivity contribution in [2.75, 3.05) is 4.90 Å². The summed E-state index contributed by atoms with van der Waals surface area (Å²) in [7, 11) is 1.91. The number of fused-ring (bicyclic) bond motifs is 1. The summed E-state index contributed by atoms with van der Waals surface area (Å²) in [6.07, 6.45) is 0.516. The number of amides is 1. The lowest BCUT2D eigenvalue weighted by Crippen LogP contribution is -2.25. The second-order valence-electron chi connectivity index (χ2n) is 8.28. The van der Waals surface area contributed by atoms with Crippen LogP contribution in [0.2, 0.25) is 0 Å². The number of aryl methyl sites for hydroxylation is 1. The molecule has 2 heterocycles. The highest BCUT2D eigenvalue weighted by Crippen LogP contribution is 2.44. The number of anilines is 1. The number of alkyl halides is 3. The van der Waals surface area contributed by atoms with E-state index in [1.165, 1.54) is 23.5 Å². The summed E-state index contributed by atoms with van der Waals surface area (Å²) in [5.74, 6) is 0.919. The van der Waals surface area contributed by atoms with Crippen molar-refractivity contribution >= 4 is 11.6 Å². The lowest BCUT2D eigenvalue weighted by molar-refractivity contribution is -0.138. The van der Waals surface area contributed by atoms with E-state index in [0.29, 0.717) is 11.6 Å². The van der Waals surface area contributed by atoms with E-state index >= 15 is 0 Å². The van der Waals surface area contributed by atoms with E-state index in [0.717, 1.165) is 30.3 Å². The first kappa shape index (κ1) is 19.8. The van der Waals surface area contributed by atoms with Gasteiger partial charge in [0.05, 0.1) is 12.1 Å². The fraction of sp³-hybridized carbons (Fsp3) is 0.348. The minimum atomic E-state index is -4.50. The largest absolute Gasteiger partial charge is 0.416 e. The summed E-state index contributed by atoms with van der Waals surface area (Å²) in [5, 5.41) is 8.34. The van der Waals surface area contributed by atoms with Crippen LogP contribution < -0.4 is 4.90 Å². The summed E-state index contributed by atoms with van der Waals surface area (Å²) in [5.41, 5.74) is 0.998. The van der Waals surface area contributed by atoms with Gasteiger partial charge in [-0.1, -0.05) is 24.6 Å². The Morgan fingerprint density at radius 3 is 2.55 bits per heavy atom. The summed E-state index contributed by atoms with van der Waals surface area (Å²) >= 11 is 0. The van der Waals surface area contributed by atoms with Gasteiger partial charge in [0.1, 0.15) is 12.2 Å². The molecule has 0 spiro atoms. The first-order valence-electron chi connectivity index (χ1n) is 10.3. The van der Waals surface area contributed by atoms with Gasteiger partial charge in [0, 0.05) is 24.2 Å². The molecule has 1 aliphatic carbocycles. The van der Waals surface area contributed by atoms with Crippen LogP contribution in [0.1, 0.15) is 58.1 Å². The second-order valence-corrected chi connectivity index (χ2v) is 8.28. The molecular weight excluding hydrogens is 405 g/mol. The molecule has 5 rings (SSSR count). The Kier molecular flexibility index (Phi) is 4.60. The molecule has 0 N–H and O–H groups in total. The van der Waals surface area contributed by atoms with E-state index in [-0.39, 0.29) is 23.6 Å². The van der Waals surface area contributed by atoms with E-state index in [1.54, 1.807) is 12.4 Å². The first-order valence-corrected chi connectivity index (χ1v) is 10.3. The van der Waals surface area contributed by atoms with Gasteiger partial charge in [-0.3, -0.25) is 4.79 Å². The van der Waals surface area contributed by atoms with Crippen molar-refractivity contribution in [3.05, 3.63) is 76.9 Å². The molecule has 3 aromatic rings. The number of hydrogen-bond acceptors (Lipinski definition) is 3. The number of rotatable bonds is 4. The molecule has 1 amide bonds. The molecule has 5 nitrogen and oxygen atoms in total.